The number of imidazole rings is 1. The maximum atomic E-state index is 12.5. The van der Waals surface area contributed by atoms with E-state index in [0.29, 0.717) is 6.54 Å². The number of rotatable bonds is 4. The molecule has 6 heteroatoms. The molecule has 0 unspecified atom stereocenters. The highest BCUT2D eigenvalue weighted by molar-refractivity contribution is 5.78. The van der Waals surface area contributed by atoms with Gasteiger partial charge in [-0.05, 0) is 5.56 Å². The molecule has 3 heterocycles. The van der Waals surface area contributed by atoms with Crippen LogP contribution >= 0.6 is 0 Å². The molecule has 0 saturated carbocycles. The number of nitrogens with one attached hydrogen (secondary N) is 1. The lowest BCUT2D eigenvalue weighted by Crippen LogP contribution is -2.38. The first-order valence-corrected chi connectivity index (χ1v) is 9.04. The number of aromatic nitrogens is 4. The van der Waals surface area contributed by atoms with E-state index in [-0.39, 0.29) is 11.8 Å². The van der Waals surface area contributed by atoms with Gasteiger partial charge in [0.2, 0.25) is 5.91 Å². The number of benzene rings is 1. The molecule has 1 aliphatic heterocycles. The predicted octanol–water partition coefficient (Wildman–Crippen LogP) is 2.86. The van der Waals surface area contributed by atoms with Gasteiger partial charge in [0.1, 0.15) is 5.69 Å². The van der Waals surface area contributed by atoms with Crippen LogP contribution in [0.2, 0.25) is 0 Å². The molecule has 0 bridgehead atoms. The van der Waals surface area contributed by atoms with Gasteiger partial charge in [0.15, 0.2) is 5.82 Å². The van der Waals surface area contributed by atoms with E-state index in [2.05, 4.69) is 26.8 Å². The number of hydrogen-bond acceptors (Lipinski definition) is 3. The van der Waals surface area contributed by atoms with Gasteiger partial charge in [0.05, 0.1) is 6.54 Å². The van der Waals surface area contributed by atoms with Crippen LogP contribution in [0.5, 0.6) is 0 Å². The van der Waals surface area contributed by atoms with Gasteiger partial charge in [-0.15, -0.1) is 0 Å². The number of aromatic amines is 1. The maximum Gasteiger partial charge on any atom is 0.225 e. The zero-order valence-electron chi connectivity index (χ0n) is 15.1. The molecule has 0 fully saturated rings. The maximum absolute atomic E-state index is 12.5. The first kappa shape index (κ1) is 16.6. The van der Waals surface area contributed by atoms with Gasteiger partial charge in [0.25, 0.3) is 0 Å². The van der Waals surface area contributed by atoms with E-state index >= 15 is 0 Å². The summed E-state index contributed by atoms with van der Waals surface area (Å²) in [5.74, 6) is 0.951. The summed E-state index contributed by atoms with van der Waals surface area (Å²) in [6, 6.07) is 10.3. The minimum atomic E-state index is 0.00276. The van der Waals surface area contributed by atoms with Gasteiger partial charge in [-0.25, -0.2) is 4.98 Å². The molecule has 1 aliphatic rings. The molecular formula is C20H23N5O. The summed E-state index contributed by atoms with van der Waals surface area (Å²) >= 11 is 0. The smallest absolute Gasteiger partial charge is 0.225 e. The zero-order chi connectivity index (χ0) is 18.1. The summed E-state index contributed by atoms with van der Waals surface area (Å²) in [5.41, 5.74) is 4.37. The van der Waals surface area contributed by atoms with E-state index in [9.17, 15) is 4.79 Å². The summed E-state index contributed by atoms with van der Waals surface area (Å²) in [7, 11) is 0. The van der Waals surface area contributed by atoms with Crippen LogP contribution in [0.25, 0.3) is 11.5 Å². The third-order valence-corrected chi connectivity index (χ3v) is 4.84. The summed E-state index contributed by atoms with van der Waals surface area (Å²) in [6.45, 7) is 5.95. The highest BCUT2D eigenvalue weighted by Gasteiger charge is 2.29. The van der Waals surface area contributed by atoms with Crippen LogP contribution < -0.4 is 0 Å². The average molecular weight is 349 g/mol. The third-order valence-electron chi connectivity index (χ3n) is 4.84. The first-order chi connectivity index (χ1) is 12.6. The summed E-state index contributed by atoms with van der Waals surface area (Å²) in [5, 5.41) is 4.85. The molecule has 0 aliphatic carbocycles. The van der Waals surface area contributed by atoms with Crippen LogP contribution in [0.3, 0.4) is 0 Å². The number of amides is 1. The number of H-pyrrole nitrogens is 1. The van der Waals surface area contributed by atoms with Crippen LogP contribution in [0.4, 0.5) is 0 Å². The Morgan fingerprint density at radius 2 is 2.08 bits per heavy atom. The van der Waals surface area contributed by atoms with Gasteiger partial charge >= 0.3 is 0 Å². The monoisotopic (exact) mass is 349 g/mol. The lowest BCUT2D eigenvalue weighted by atomic mass is 10.0. The second-order valence-corrected chi connectivity index (χ2v) is 7.02. The lowest BCUT2D eigenvalue weighted by Gasteiger charge is -2.29. The van der Waals surface area contributed by atoms with Gasteiger partial charge in [-0.3, -0.25) is 9.48 Å². The summed E-state index contributed by atoms with van der Waals surface area (Å²) in [4.78, 5) is 22.0. The van der Waals surface area contributed by atoms with E-state index in [4.69, 9.17) is 5.10 Å². The Morgan fingerprint density at radius 3 is 2.77 bits per heavy atom. The van der Waals surface area contributed by atoms with Crippen molar-refractivity contribution in [1.82, 2.24) is 24.6 Å². The second kappa shape index (κ2) is 6.78. The van der Waals surface area contributed by atoms with Crippen molar-refractivity contribution in [2.24, 2.45) is 5.92 Å². The fourth-order valence-corrected chi connectivity index (χ4v) is 3.52. The SMILES string of the molecule is CC(C)C(=O)N1CCc2c(c(-c3ncc[nH]3)nn2Cc2ccccc2)C1. The van der Waals surface area contributed by atoms with Crippen molar-refractivity contribution >= 4 is 5.91 Å². The number of nitrogens with zero attached hydrogens (tertiary/aromatic N) is 4. The fourth-order valence-electron chi connectivity index (χ4n) is 3.52. The molecule has 0 saturated heterocycles. The molecule has 2 aromatic heterocycles. The summed E-state index contributed by atoms with van der Waals surface area (Å²) in [6.07, 6.45) is 4.35. The molecule has 1 N–H and O–H groups in total. The average Bonchev–Trinajstić information content (AvgIpc) is 3.30. The molecule has 4 rings (SSSR count). The van der Waals surface area contributed by atoms with Crippen molar-refractivity contribution in [2.75, 3.05) is 6.54 Å². The van der Waals surface area contributed by atoms with Crippen molar-refractivity contribution in [3.8, 4) is 11.5 Å². The van der Waals surface area contributed by atoms with Crippen LogP contribution in [0.15, 0.2) is 42.7 Å². The van der Waals surface area contributed by atoms with Crippen molar-refractivity contribution in [2.45, 2.75) is 33.4 Å². The molecule has 6 nitrogen and oxygen atoms in total. The quantitative estimate of drug-likeness (QED) is 0.787. The van der Waals surface area contributed by atoms with Crippen LogP contribution in [0.1, 0.15) is 30.7 Å². The molecule has 0 radical (unpaired) electrons. The van der Waals surface area contributed by atoms with Gasteiger partial charge in [-0.1, -0.05) is 44.2 Å². The first-order valence-electron chi connectivity index (χ1n) is 9.04. The van der Waals surface area contributed by atoms with Gasteiger partial charge in [0, 0.05) is 49.1 Å². The second-order valence-electron chi connectivity index (χ2n) is 7.02. The molecule has 0 spiro atoms. The Labute approximate surface area is 152 Å². The molecular weight excluding hydrogens is 326 g/mol. The topological polar surface area (TPSA) is 66.8 Å². The number of carbonyl (C=O) groups is 1. The van der Waals surface area contributed by atoms with Crippen LogP contribution in [0, 0.1) is 5.92 Å². The van der Waals surface area contributed by atoms with E-state index in [0.717, 1.165) is 36.6 Å². The van der Waals surface area contributed by atoms with E-state index < -0.39 is 0 Å². The third kappa shape index (κ3) is 3.03. The van der Waals surface area contributed by atoms with Crippen molar-refractivity contribution in [1.29, 1.82) is 0 Å². The van der Waals surface area contributed by atoms with Crippen LogP contribution in [-0.2, 0) is 24.3 Å². The van der Waals surface area contributed by atoms with E-state index in [1.165, 1.54) is 11.3 Å². The fraction of sp³-hybridized carbons (Fsp3) is 0.350. The summed E-state index contributed by atoms with van der Waals surface area (Å²) < 4.78 is 2.07. The molecule has 1 aromatic carbocycles. The molecule has 134 valence electrons. The Hall–Kier alpha value is -2.89. The Kier molecular flexibility index (Phi) is 4.32. The molecule has 26 heavy (non-hydrogen) atoms. The minimum Gasteiger partial charge on any atom is -0.343 e. The Balaban J connectivity index is 1.72. The zero-order valence-corrected chi connectivity index (χ0v) is 15.1. The van der Waals surface area contributed by atoms with E-state index in [1.807, 2.05) is 36.9 Å². The van der Waals surface area contributed by atoms with Crippen molar-refractivity contribution in [3.63, 3.8) is 0 Å². The highest BCUT2D eigenvalue weighted by Crippen LogP contribution is 2.29. The Bertz CT molecular complexity index is 896. The van der Waals surface area contributed by atoms with E-state index in [1.54, 1.807) is 12.4 Å². The standard InChI is InChI=1S/C20H23N5O/c1-14(2)20(26)24-11-8-17-16(13-24)18(19-21-9-10-22-19)23-25(17)12-15-6-4-3-5-7-15/h3-7,9-10,14H,8,11-13H2,1-2H3,(H,21,22). The molecule has 0 atom stereocenters. The van der Waals surface area contributed by atoms with Crippen molar-refractivity contribution in [3.05, 3.63) is 59.5 Å². The van der Waals surface area contributed by atoms with Crippen LogP contribution in [-0.4, -0.2) is 37.1 Å². The highest BCUT2D eigenvalue weighted by atomic mass is 16.2. The Morgan fingerprint density at radius 1 is 1.27 bits per heavy atom. The van der Waals surface area contributed by atoms with Gasteiger partial charge in [-0.2, -0.15) is 5.10 Å². The molecule has 3 aromatic rings. The minimum absolute atomic E-state index is 0.00276. The number of carbonyl (C=O) groups excluding carboxylic acids is 1. The predicted molar refractivity (Wildman–Crippen MR) is 99.3 cm³/mol. The van der Waals surface area contributed by atoms with Gasteiger partial charge < -0.3 is 9.88 Å². The number of fused-ring (bicyclic) bond motifs is 1. The molecule has 1 amide bonds. The normalized spacial score (nSPS) is 13.9. The lowest BCUT2D eigenvalue weighted by molar-refractivity contribution is -0.135. The van der Waals surface area contributed by atoms with Crippen molar-refractivity contribution < 1.29 is 4.79 Å². The largest absolute Gasteiger partial charge is 0.343 e. The number of hydrogen-bond donors (Lipinski definition) is 1.